The predicted molar refractivity (Wildman–Crippen MR) is 88.5 cm³/mol. The van der Waals surface area contributed by atoms with Crippen LogP contribution in [0, 0.1) is 0 Å². The third-order valence-electron chi connectivity index (χ3n) is 3.78. The van der Waals surface area contributed by atoms with Gasteiger partial charge in [0.05, 0.1) is 19.1 Å². The fraction of sp³-hybridized carbons (Fsp3) is 0.222. The molecule has 0 aliphatic carbocycles. The fourth-order valence-corrected chi connectivity index (χ4v) is 2.57. The van der Waals surface area contributed by atoms with Gasteiger partial charge in [-0.2, -0.15) is 0 Å². The molecule has 0 unspecified atom stereocenters. The van der Waals surface area contributed by atoms with E-state index >= 15 is 0 Å². The Bertz CT molecular complexity index is 826. The summed E-state index contributed by atoms with van der Waals surface area (Å²) in [5, 5.41) is 26.3. The normalized spacial score (nSPS) is 12.2. The molecular weight excluding hydrogens is 308 g/mol. The number of aliphatic hydroxyl groups excluding tert-OH is 1. The third kappa shape index (κ3) is 3.72. The maximum atomic E-state index is 12.2. The maximum Gasteiger partial charge on any atom is 0.226 e. The van der Waals surface area contributed by atoms with Crippen molar-refractivity contribution in [3.8, 4) is 5.75 Å². The summed E-state index contributed by atoms with van der Waals surface area (Å²) < 4.78 is 5.19. The summed E-state index contributed by atoms with van der Waals surface area (Å²) >= 11 is 0. The van der Waals surface area contributed by atoms with Crippen molar-refractivity contribution in [1.82, 2.24) is 10.5 Å². The molecule has 1 atom stereocenters. The molecule has 0 spiro atoms. The number of nitrogens with zero attached hydrogens (tertiary/aromatic N) is 1. The van der Waals surface area contributed by atoms with Gasteiger partial charge in [-0.25, -0.2) is 0 Å². The molecule has 3 N–H and O–H groups in total. The quantitative estimate of drug-likeness (QED) is 0.642. The van der Waals surface area contributed by atoms with Crippen molar-refractivity contribution in [2.24, 2.45) is 0 Å². The van der Waals surface area contributed by atoms with Gasteiger partial charge in [-0.3, -0.25) is 4.79 Å². The van der Waals surface area contributed by atoms with Gasteiger partial charge in [-0.05, 0) is 36.2 Å². The number of nitrogens with one attached hydrogen (secondary N) is 1. The zero-order chi connectivity index (χ0) is 16.9. The molecule has 0 aliphatic heterocycles. The smallest absolute Gasteiger partial charge is 0.226 e. The van der Waals surface area contributed by atoms with Crippen LogP contribution in [0.25, 0.3) is 11.0 Å². The second kappa shape index (κ2) is 7.14. The Morgan fingerprint density at radius 2 is 1.92 bits per heavy atom. The van der Waals surface area contributed by atoms with Gasteiger partial charge in [0.15, 0.2) is 5.58 Å². The SMILES string of the molecule is O=C(Cc1noc2ccccc12)N[C@H](CO)Cc1ccc(O)cc1. The van der Waals surface area contributed by atoms with E-state index in [0.717, 1.165) is 10.9 Å². The lowest BCUT2D eigenvalue weighted by molar-refractivity contribution is -0.121. The molecule has 0 bridgehead atoms. The van der Waals surface area contributed by atoms with E-state index in [-0.39, 0.29) is 24.7 Å². The van der Waals surface area contributed by atoms with E-state index in [2.05, 4.69) is 10.5 Å². The topological polar surface area (TPSA) is 95.6 Å². The number of rotatable bonds is 6. The summed E-state index contributed by atoms with van der Waals surface area (Å²) in [5.74, 6) is -0.0480. The molecule has 0 saturated heterocycles. The van der Waals surface area contributed by atoms with Gasteiger partial charge in [-0.15, -0.1) is 0 Å². The summed E-state index contributed by atoms with van der Waals surface area (Å²) in [6.07, 6.45) is 0.561. The van der Waals surface area contributed by atoms with Crippen molar-refractivity contribution in [1.29, 1.82) is 0 Å². The summed E-state index contributed by atoms with van der Waals surface area (Å²) in [5.41, 5.74) is 2.13. The average molecular weight is 326 g/mol. The van der Waals surface area contributed by atoms with E-state index in [4.69, 9.17) is 4.52 Å². The van der Waals surface area contributed by atoms with Crippen LogP contribution in [0.15, 0.2) is 53.1 Å². The van der Waals surface area contributed by atoms with Crippen molar-refractivity contribution >= 4 is 16.9 Å². The Kier molecular flexibility index (Phi) is 4.77. The molecule has 24 heavy (non-hydrogen) atoms. The van der Waals surface area contributed by atoms with Gasteiger partial charge >= 0.3 is 0 Å². The Balaban J connectivity index is 1.63. The standard InChI is InChI=1S/C18H18N2O4/c21-11-13(9-12-5-7-14(22)8-6-12)19-18(23)10-16-15-3-1-2-4-17(15)24-20-16/h1-8,13,21-22H,9-11H2,(H,19,23)/t13-/m0/s1. The minimum atomic E-state index is -0.403. The number of carbonyl (C=O) groups excluding carboxylic acids is 1. The van der Waals surface area contributed by atoms with Crippen LogP contribution < -0.4 is 5.32 Å². The molecule has 0 radical (unpaired) electrons. The van der Waals surface area contributed by atoms with E-state index in [1.165, 1.54) is 0 Å². The molecule has 124 valence electrons. The predicted octanol–water partition coefficient (Wildman–Crippen LogP) is 1.80. The summed E-state index contributed by atoms with van der Waals surface area (Å²) in [6, 6.07) is 13.6. The van der Waals surface area contributed by atoms with Crippen molar-refractivity contribution in [2.45, 2.75) is 18.9 Å². The van der Waals surface area contributed by atoms with Crippen LogP contribution in [0.3, 0.4) is 0 Å². The van der Waals surface area contributed by atoms with E-state index < -0.39 is 6.04 Å². The third-order valence-corrected chi connectivity index (χ3v) is 3.78. The maximum absolute atomic E-state index is 12.2. The number of hydrogen-bond donors (Lipinski definition) is 3. The van der Waals surface area contributed by atoms with Gasteiger partial charge in [-0.1, -0.05) is 29.4 Å². The number of aromatic hydroxyl groups is 1. The number of phenols is 1. The number of para-hydroxylation sites is 1. The number of hydrogen-bond acceptors (Lipinski definition) is 5. The second-order valence-corrected chi connectivity index (χ2v) is 5.62. The highest BCUT2D eigenvalue weighted by molar-refractivity contribution is 5.86. The second-order valence-electron chi connectivity index (χ2n) is 5.62. The summed E-state index contributed by atoms with van der Waals surface area (Å²) in [6.45, 7) is -0.174. The Morgan fingerprint density at radius 1 is 1.17 bits per heavy atom. The van der Waals surface area contributed by atoms with Gasteiger partial charge < -0.3 is 20.1 Å². The zero-order valence-electron chi connectivity index (χ0n) is 13.0. The molecule has 1 heterocycles. The van der Waals surface area contributed by atoms with Crippen molar-refractivity contribution in [2.75, 3.05) is 6.61 Å². The van der Waals surface area contributed by atoms with Gasteiger partial charge in [0, 0.05) is 5.39 Å². The van der Waals surface area contributed by atoms with Crippen LogP contribution >= 0.6 is 0 Å². The van der Waals surface area contributed by atoms with Crippen LogP contribution in [0.1, 0.15) is 11.3 Å². The minimum absolute atomic E-state index is 0.0864. The monoisotopic (exact) mass is 326 g/mol. The Hall–Kier alpha value is -2.86. The Morgan fingerprint density at radius 3 is 2.67 bits per heavy atom. The van der Waals surface area contributed by atoms with Gasteiger partial charge in [0.25, 0.3) is 0 Å². The van der Waals surface area contributed by atoms with Gasteiger partial charge in [0.2, 0.25) is 5.91 Å². The number of phenolic OH excluding ortho intramolecular Hbond substituents is 1. The van der Waals surface area contributed by atoms with Crippen LogP contribution in [0.5, 0.6) is 5.75 Å². The van der Waals surface area contributed by atoms with E-state index in [1.54, 1.807) is 30.3 Å². The number of carbonyl (C=O) groups is 1. The van der Waals surface area contributed by atoms with Crippen LogP contribution in [0.4, 0.5) is 0 Å². The van der Waals surface area contributed by atoms with Crippen LogP contribution in [0.2, 0.25) is 0 Å². The molecule has 0 fully saturated rings. The largest absolute Gasteiger partial charge is 0.508 e. The van der Waals surface area contributed by atoms with Crippen molar-refractivity contribution < 1.29 is 19.5 Å². The summed E-state index contributed by atoms with van der Waals surface area (Å²) in [4.78, 5) is 12.2. The van der Waals surface area contributed by atoms with Gasteiger partial charge in [0.1, 0.15) is 11.4 Å². The lowest BCUT2D eigenvalue weighted by Crippen LogP contribution is -2.40. The van der Waals surface area contributed by atoms with E-state index in [1.807, 2.05) is 18.2 Å². The van der Waals surface area contributed by atoms with E-state index in [9.17, 15) is 15.0 Å². The molecule has 6 heteroatoms. The highest BCUT2D eigenvalue weighted by Crippen LogP contribution is 2.18. The van der Waals surface area contributed by atoms with Crippen molar-refractivity contribution in [3.05, 3.63) is 59.8 Å². The molecule has 6 nitrogen and oxygen atoms in total. The average Bonchev–Trinajstić information content (AvgIpc) is 2.99. The first kappa shape index (κ1) is 16.0. The number of aliphatic hydroxyl groups is 1. The van der Waals surface area contributed by atoms with Crippen molar-refractivity contribution in [3.63, 3.8) is 0 Å². The number of fused-ring (bicyclic) bond motifs is 1. The first-order chi connectivity index (χ1) is 11.7. The minimum Gasteiger partial charge on any atom is -0.508 e. The fourth-order valence-electron chi connectivity index (χ4n) is 2.57. The number of amides is 1. The molecule has 0 saturated carbocycles. The lowest BCUT2D eigenvalue weighted by Gasteiger charge is -2.16. The molecule has 0 aliphatic rings. The summed E-state index contributed by atoms with van der Waals surface area (Å²) in [7, 11) is 0. The molecule has 1 aromatic heterocycles. The first-order valence-corrected chi connectivity index (χ1v) is 7.67. The first-order valence-electron chi connectivity index (χ1n) is 7.67. The number of aromatic nitrogens is 1. The molecule has 3 aromatic rings. The molecule has 1 amide bonds. The van der Waals surface area contributed by atoms with Crippen LogP contribution in [-0.2, 0) is 17.6 Å². The lowest BCUT2D eigenvalue weighted by atomic mass is 10.1. The Labute approximate surface area is 138 Å². The van der Waals surface area contributed by atoms with E-state index in [0.29, 0.717) is 17.7 Å². The zero-order valence-corrected chi connectivity index (χ0v) is 13.0. The number of benzene rings is 2. The highest BCUT2D eigenvalue weighted by atomic mass is 16.5. The highest BCUT2D eigenvalue weighted by Gasteiger charge is 2.16. The molecule has 3 rings (SSSR count). The van der Waals surface area contributed by atoms with Crippen LogP contribution in [-0.4, -0.2) is 33.9 Å². The molecular formula is C18H18N2O4. The molecule has 2 aromatic carbocycles.